The van der Waals surface area contributed by atoms with Crippen molar-refractivity contribution in [2.75, 3.05) is 19.6 Å². The predicted molar refractivity (Wildman–Crippen MR) is 130 cm³/mol. The van der Waals surface area contributed by atoms with Crippen molar-refractivity contribution in [3.8, 4) is 34.3 Å². The Bertz CT molecular complexity index is 1350. The standard InChI is InChI=1S/C27H27F3N4O3/c1-26(2)13-6-14-34(16-26)15-20(35)17-9-11-19(12-10-17)24-31-25(37-33-24)23-21(27(28,29)30)22(32-36-23)18-7-4-3-5-8-18/h3-5,7-12,20,35H,6,13-16H2,1-2H3. The first kappa shape index (κ1) is 25.2. The number of aromatic nitrogens is 3. The smallest absolute Gasteiger partial charge is 0.387 e. The minimum absolute atomic E-state index is 0.0969. The summed E-state index contributed by atoms with van der Waals surface area (Å²) in [5.74, 6) is -0.963. The molecule has 37 heavy (non-hydrogen) atoms. The van der Waals surface area contributed by atoms with Gasteiger partial charge in [0, 0.05) is 24.2 Å². The Morgan fingerprint density at radius 1 is 1.00 bits per heavy atom. The summed E-state index contributed by atoms with van der Waals surface area (Å²) in [5.41, 5.74) is 0.327. The fourth-order valence-corrected chi connectivity index (χ4v) is 4.83. The molecule has 10 heteroatoms. The second-order valence-electron chi connectivity index (χ2n) is 10.2. The number of benzene rings is 2. The van der Waals surface area contributed by atoms with E-state index in [1.807, 2.05) is 0 Å². The van der Waals surface area contributed by atoms with Crippen molar-refractivity contribution in [3.05, 3.63) is 65.7 Å². The van der Waals surface area contributed by atoms with Crippen molar-refractivity contribution in [3.63, 3.8) is 0 Å². The van der Waals surface area contributed by atoms with E-state index >= 15 is 0 Å². The first-order valence-electron chi connectivity index (χ1n) is 12.1. The lowest BCUT2D eigenvalue weighted by Gasteiger charge is -2.38. The van der Waals surface area contributed by atoms with Gasteiger partial charge in [0.15, 0.2) is 0 Å². The maximum atomic E-state index is 14.0. The molecule has 0 amide bonds. The normalized spacial score (nSPS) is 17.1. The second-order valence-corrected chi connectivity index (χ2v) is 10.2. The highest BCUT2D eigenvalue weighted by Gasteiger charge is 2.43. The number of β-amino-alcohol motifs (C(OH)–C–C–N with tert-alkyl or cyclic N) is 1. The molecule has 4 aromatic rings. The lowest BCUT2D eigenvalue weighted by molar-refractivity contribution is -0.136. The molecule has 1 fully saturated rings. The van der Waals surface area contributed by atoms with E-state index in [2.05, 4.69) is 34.0 Å². The molecular formula is C27H27F3N4O3. The van der Waals surface area contributed by atoms with Gasteiger partial charge in [-0.3, -0.25) is 4.90 Å². The van der Waals surface area contributed by atoms with Crippen LogP contribution in [-0.2, 0) is 6.18 Å². The summed E-state index contributed by atoms with van der Waals surface area (Å²) < 4.78 is 52.1. The molecule has 1 unspecified atom stereocenters. The van der Waals surface area contributed by atoms with Crippen LogP contribution < -0.4 is 0 Å². The fraction of sp³-hybridized carbons (Fsp3) is 0.370. The van der Waals surface area contributed by atoms with Crippen molar-refractivity contribution < 1.29 is 27.3 Å². The molecule has 1 saturated heterocycles. The summed E-state index contributed by atoms with van der Waals surface area (Å²) in [5, 5.41) is 18.2. The number of hydrogen-bond acceptors (Lipinski definition) is 7. The molecule has 1 N–H and O–H groups in total. The van der Waals surface area contributed by atoms with Gasteiger partial charge in [-0.25, -0.2) is 0 Å². The molecule has 3 heterocycles. The molecule has 0 saturated carbocycles. The number of halogens is 3. The third-order valence-corrected chi connectivity index (χ3v) is 6.61. The number of aliphatic hydroxyl groups is 1. The van der Waals surface area contributed by atoms with Crippen LogP contribution in [0.4, 0.5) is 13.2 Å². The number of likely N-dealkylation sites (tertiary alicyclic amines) is 1. The maximum absolute atomic E-state index is 14.0. The van der Waals surface area contributed by atoms with Crippen molar-refractivity contribution in [2.45, 2.75) is 39.0 Å². The highest BCUT2D eigenvalue weighted by Crippen LogP contribution is 2.43. The first-order chi connectivity index (χ1) is 17.6. The Hall–Kier alpha value is -3.50. The molecule has 5 rings (SSSR count). The summed E-state index contributed by atoms with van der Waals surface area (Å²) in [6.07, 6.45) is -3.14. The second kappa shape index (κ2) is 9.75. The summed E-state index contributed by atoms with van der Waals surface area (Å²) in [6, 6.07) is 14.9. The Morgan fingerprint density at radius 2 is 1.73 bits per heavy atom. The van der Waals surface area contributed by atoms with Crippen LogP contribution in [0.25, 0.3) is 34.3 Å². The highest BCUT2D eigenvalue weighted by molar-refractivity contribution is 5.71. The van der Waals surface area contributed by atoms with Gasteiger partial charge in [0.25, 0.3) is 5.89 Å². The molecule has 1 aliphatic heterocycles. The van der Waals surface area contributed by atoms with Gasteiger partial charge in [-0.1, -0.05) is 78.8 Å². The average molecular weight is 513 g/mol. The molecule has 1 aliphatic rings. The minimum Gasteiger partial charge on any atom is -0.387 e. The number of piperidine rings is 1. The zero-order chi connectivity index (χ0) is 26.2. The van der Waals surface area contributed by atoms with Crippen molar-refractivity contribution in [2.24, 2.45) is 5.41 Å². The van der Waals surface area contributed by atoms with E-state index in [0.29, 0.717) is 12.1 Å². The lowest BCUT2D eigenvalue weighted by Crippen LogP contribution is -2.41. The quantitative estimate of drug-likeness (QED) is 0.327. The summed E-state index contributed by atoms with van der Waals surface area (Å²) in [7, 11) is 0. The largest absolute Gasteiger partial charge is 0.422 e. The minimum atomic E-state index is -4.75. The van der Waals surface area contributed by atoms with Crippen LogP contribution in [0.15, 0.2) is 63.6 Å². The van der Waals surface area contributed by atoms with Crippen molar-refractivity contribution >= 4 is 0 Å². The van der Waals surface area contributed by atoms with Crippen LogP contribution in [0.2, 0.25) is 0 Å². The van der Waals surface area contributed by atoms with E-state index in [1.165, 1.54) is 18.6 Å². The molecule has 0 bridgehead atoms. The third kappa shape index (κ3) is 5.45. The number of rotatable bonds is 6. The topological polar surface area (TPSA) is 88.4 Å². The van der Waals surface area contributed by atoms with E-state index in [0.717, 1.165) is 25.1 Å². The molecule has 2 aromatic heterocycles. The van der Waals surface area contributed by atoms with E-state index in [-0.39, 0.29) is 22.5 Å². The molecule has 2 aromatic carbocycles. The van der Waals surface area contributed by atoms with Gasteiger partial charge in [0.05, 0.1) is 6.10 Å². The Balaban J connectivity index is 1.36. The number of nitrogens with zero attached hydrogens (tertiary/aromatic N) is 4. The van der Waals surface area contributed by atoms with Crippen LogP contribution in [0.1, 0.15) is 43.9 Å². The molecule has 0 aliphatic carbocycles. The van der Waals surface area contributed by atoms with Crippen LogP contribution in [-0.4, -0.2) is 44.9 Å². The molecule has 0 radical (unpaired) electrons. The first-order valence-corrected chi connectivity index (χ1v) is 12.1. The van der Waals surface area contributed by atoms with Gasteiger partial charge >= 0.3 is 6.18 Å². The van der Waals surface area contributed by atoms with Crippen molar-refractivity contribution in [1.82, 2.24) is 20.2 Å². The van der Waals surface area contributed by atoms with Gasteiger partial charge in [-0.2, -0.15) is 18.2 Å². The van der Waals surface area contributed by atoms with Crippen LogP contribution >= 0.6 is 0 Å². The van der Waals surface area contributed by atoms with Gasteiger partial charge < -0.3 is 14.2 Å². The zero-order valence-corrected chi connectivity index (χ0v) is 20.5. The number of hydrogen-bond donors (Lipinski definition) is 1. The van der Waals surface area contributed by atoms with E-state index in [4.69, 9.17) is 9.05 Å². The average Bonchev–Trinajstić information content (AvgIpc) is 3.52. The Labute approximate surface area is 211 Å². The highest BCUT2D eigenvalue weighted by atomic mass is 19.4. The van der Waals surface area contributed by atoms with Gasteiger partial charge in [-0.15, -0.1) is 0 Å². The fourth-order valence-electron chi connectivity index (χ4n) is 4.83. The van der Waals surface area contributed by atoms with Crippen molar-refractivity contribution in [1.29, 1.82) is 0 Å². The van der Waals surface area contributed by atoms with Gasteiger partial charge in [0.2, 0.25) is 11.6 Å². The van der Waals surface area contributed by atoms with Crippen LogP contribution in [0, 0.1) is 5.41 Å². The molecule has 7 nitrogen and oxygen atoms in total. The summed E-state index contributed by atoms with van der Waals surface area (Å²) >= 11 is 0. The Kier molecular flexibility index (Phi) is 6.63. The van der Waals surface area contributed by atoms with Gasteiger partial charge in [0.1, 0.15) is 11.3 Å². The molecule has 0 spiro atoms. The maximum Gasteiger partial charge on any atom is 0.422 e. The Morgan fingerprint density at radius 3 is 2.41 bits per heavy atom. The van der Waals surface area contributed by atoms with E-state index in [9.17, 15) is 18.3 Å². The summed E-state index contributed by atoms with van der Waals surface area (Å²) in [4.78, 5) is 6.40. The van der Waals surface area contributed by atoms with Crippen LogP contribution in [0.3, 0.4) is 0 Å². The number of aliphatic hydroxyl groups excluding tert-OH is 1. The van der Waals surface area contributed by atoms with E-state index in [1.54, 1.807) is 42.5 Å². The van der Waals surface area contributed by atoms with Gasteiger partial charge in [-0.05, 0) is 30.4 Å². The summed E-state index contributed by atoms with van der Waals surface area (Å²) in [6.45, 7) is 6.89. The molecule has 1 atom stereocenters. The lowest BCUT2D eigenvalue weighted by atomic mass is 9.84. The zero-order valence-electron chi connectivity index (χ0n) is 20.5. The monoisotopic (exact) mass is 512 g/mol. The molecule has 194 valence electrons. The number of alkyl halides is 3. The SMILES string of the molecule is CC1(C)CCCN(CC(O)c2ccc(-c3noc(-c4onc(-c5ccccc5)c4C(F)(F)F)n3)cc2)C1. The van der Waals surface area contributed by atoms with Crippen LogP contribution in [0.5, 0.6) is 0 Å². The third-order valence-electron chi connectivity index (χ3n) is 6.61. The molecular weight excluding hydrogens is 485 g/mol. The van der Waals surface area contributed by atoms with E-state index < -0.39 is 29.5 Å². The predicted octanol–water partition coefficient (Wildman–Crippen LogP) is 6.23.